The Morgan fingerprint density at radius 1 is 1.53 bits per heavy atom. The lowest BCUT2D eigenvalue weighted by atomic mass is 10.0. The maximum absolute atomic E-state index is 11.8. The van der Waals surface area contributed by atoms with Crippen molar-refractivity contribution in [1.29, 1.82) is 5.26 Å². The molecule has 0 unspecified atom stereocenters. The van der Waals surface area contributed by atoms with Crippen molar-refractivity contribution in [2.75, 3.05) is 25.9 Å². The molecule has 5 nitrogen and oxygen atoms in total. The number of anilines is 1. The summed E-state index contributed by atoms with van der Waals surface area (Å²) in [6, 6.07) is 7.48. The topological polar surface area (TPSA) is 79.4 Å². The van der Waals surface area contributed by atoms with Crippen molar-refractivity contribution < 1.29 is 9.53 Å². The van der Waals surface area contributed by atoms with Gasteiger partial charge in [-0.1, -0.05) is 19.1 Å². The average Bonchev–Trinajstić information content (AvgIpc) is 2.42. The van der Waals surface area contributed by atoms with Crippen LogP contribution in [0.4, 0.5) is 5.69 Å². The zero-order valence-electron chi connectivity index (χ0n) is 11.3. The number of hydrogen-bond acceptors (Lipinski definition) is 5. The normalized spacial score (nSPS) is 10.2. The Hall–Kier alpha value is -2.06. The van der Waals surface area contributed by atoms with Gasteiger partial charge < -0.3 is 10.5 Å². The third-order valence-corrected chi connectivity index (χ3v) is 2.95. The van der Waals surface area contributed by atoms with Gasteiger partial charge in [0.25, 0.3) is 0 Å². The Morgan fingerprint density at radius 2 is 2.26 bits per heavy atom. The molecule has 1 aromatic rings. The van der Waals surface area contributed by atoms with Gasteiger partial charge >= 0.3 is 5.97 Å². The second-order valence-corrected chi connectivity index (χ2v) is 4.15. The van der Waals surface area contributed by atoms with E-state index in [0.29, 0.717) is 30.8 Å². The zero-order chi connectivity index (χ0) is 14.3. The minimum absolute atomic E-state index is 0.417. The summed E-state index contributed by atoms with van der Waals surface area (Å²) in [6.07, 6.45) is 0.462. The number of rotatable bonds is 6. The first kappa shape index (κ1) is 15.0. The molecule has 1 aromatic carbocycles. The Balaban J connectivity index is 2.96. The van der Waals surface area contributed by atoms with Gasteiger partial charge in [0.1, 0.15) is 0 Å². The summed E-state index contributed by atoms with van der Waals surface area (Å²) in [5.41, 5.74) is 7.50. The van der Waals surface area contributed by atoms with Crippen molar-refractivity contribution in [2.45, 2.75) is 19.9 Å². The summed E-state index contributed by atoms with van der Waals surface area (Å²) >= 11 is 0. The van der Waals surface area contributed by atoms with Gasteiger partial charge in [0.15, 0.2) is 0 Å². The third kappa shape index (κ3) is 3.97. The molecule has 0 atom stereocenters. The van der Waals surface area contributed by atoms with E-state index in [1.165, 1.54) is 7.11 Å². The van der Waals surface area contributed by atoms with Crippen LogP contribution >= 0.6 is 0 Å². The van der Waals surface area contributed by atoms with Crippen LogP contribution in [-0.2, 0) is 11.3 Å². The first-order chi connectivity index (χ1) is 9.13. The lowest BCUT2D eigenvalue weighted by Crippen LogP contribution is -2.25. The highest BCUT2D eigenvalue weighted by Crippen LogP contribution is 2.20. The Labute approximate surface area is 113 Å². The van der Waals surface area contributed by atoms with Crippen LogP contribution in [0.5, 0.6) is 0 Å². The highest BCUT2D eigenvalue weighted by atomic mass is 16.5. The molecular weight excluding hydrogens is 242 g/mol. The number of benzene rings is 1. The molecule has 0 saturated carbocycles. The minimum atomic E-state index is -0.426. The quantitative estimate of drug-likeness (QED) is 0.624. The second-order valence-electron chi connectivity index (χ2n) is 4.15. The predicted octanol–water partition coefficient (Wildman–Crippen LogP) is 1.79. The molecule has 0 heterocycles. The molecule has 0 amide bonds. The monoisotopic (exact) mass is 261 g/mol. The molecule has 0 bridgehead atoms. The molecule has 0 aliphatic rings. The lowest BCUT2D eigenvalue weighted by Gasteiger charge is -2.20. The van der Waals surface area contributed by atoms with Crippen LogP contribution in [0.25, 0.3) is 0 Å². The molecule has 19 heavy (non-hydrogen) atoms. The average molecular weight is 261 g/mol. The lowest BCUT2D eigenvalue weighted by molar-refractivity contribution is 0.0599. The van der Waals surface area contributed by atoms with E-state index in [2.05, 4.69) is 11.0 Å². The van der Waals surface area contributed by atoms with Gasteiger partial charge in [0, 0.05) is 25.2 Å². The first-order valence-corrected chi connectivity index (χ1v) is 6.19. The first-order valence-electron chi connectivity index (χ1n) is 6.19. The van der Waals surface area contributed by atoms with Crippen molar-refractivity contribution in [1.82, 2.24) is 4.90 Å². The fourth-order valence-corrected chi connectivity index (χ4v) is 1.90. The van der Waals surface area contributed by atoms with Gasteiger partial charge in [0.05, 0.1) is 18.7 Å². The molecule has 0 aliphatic carbocycles. The maximum atomic E-state index is 11.8. The second kappa shape index (κ2) is 7.39. The number of methoxy groups -OCH3 is 1. The number of nitrogens with zero attached hydrogens (tertiary/aromatic N) is 2. The Kier molecular flexibility index (Phi) is 5.83. The summed E-state index contributed by atoms with van der Waals surface area (Å²) in [5.74, 6) is -0.426. The molecule has 0 fully saturated rings. The number of nitrogen functional groups attached to an aromatic ring is 1. The van der Waals surface area contributed by atoms with Crippen molar-refractivity contribution in [3.8, 4) is 6.07 Å². The zero-order valence-corrected chi connectivity index (χ0v) is 11.3. The highest BCUT2D eigenvalue weighted by molar-refractivity contribution is 5.96. The van der Waals surface area contributed by atoms with Gasteiger partial charge in [-0.2, -0.15) is 5.26 Å². The molecule has 0 saturated heterocycles. The molecule has 0 aliphatic heterocycles. The fraction of sp³-hybridized carbons (Fsp3) is 0.429. The van der Waals surface area contributed by atoms with Crippen LogP contribution in [0.2, 0.25) is 0 Å². The van der Waals surface area contributed by atoms with E-state index in [1.807, 2.05) is 19.1 Å². The van der Waals surface area contributed by atoms with Crippen molar-refractivity contribution in [2.24, 2.45) is 0 Å². The number of nitriles is 1. The smallest absolute Gasteiger partial charge is 0.340 e. The molecule has 5 heteroatoms. The number of nitrogens with two attached hydrogens (primary N) is 1. The van der Waals surface area contributed by atoms with E-state index in [-0.39, 0.29) is 0 Å². The summed E-state index contributed by atoms with van der Waals surface area (Å²) in [5, 5.41) is 8.63. The van der Waals surface area contributed by atoms with E-state index in [0.717, 1.165) is 12.1 Å². The molecule has 0 aromatic heterocycles. The summed E-state index contributed by atoms with van der Waals surface area (Å²) in [6.45, 7) is 4.06. The van der Waals surface area contributed by atoms with Crippen LogP contribution in [-0.4, -0.2) is 31.1 Å². The van der Waals surface area contributed by atoms with Crippen molar-refractivity contribution >= 4 is 11.7 Å². The van der Waals surface area contributed by atoms with Crippen LogP contribution in [0.3, 0.4) is 0 Å². The molecule has 0 spiro atoms. The molecular formula is C14H19N3O2. The molecule has 102 valence electrons. The maximum Gasteiger partial charge on any atom is 0.340 e. The number of carbonyl (C=O) groups excluding carboxylic acids is 1. The number of carbonyl (C=O) groups is 1. The number of ether oxygens (including phenoxy) is 1. The van der Waals surface area contributed by atoms with Crippen LogP contribution in [0, 0.1) is 11.3 Å². The van der Waals surface area contributed by atoms with Gasteiger partial charge in [-0.15, -0.1) is 0 Å². The number of hydrogen-bond donors (Lipinski definition) is 1. The standard InChI is InChI=1S/C14H19N3O2/c1-3-17(9-5-8-15)10-11-6-4-7-12(16)13(11)14(18)19-2/h4,6-7H,3,5,9-10,16H2,1-2H3. The Bertz CT molecular complexity index is 480. The van der Waals surface area contributed by atoms with Crippen molar-refractivity contribution in [3.63, 3.8) is 0 Å². The highest BCUT2D eigenvalue weighted by Gasteiger charge is 2.16. The van der Waals surface area contributed by atoms with E-state index in [4.69, 9.17) is 15.7 Å². The van der Waals surface area contributed by atoms with Crippen molar-refractivity contribution in [3.05, 3.63) is 29.3 Å². The minimum Gasteiger partial charge on any atom is -0.465 e. The van der Waals surface area contributed by atoms with Gasteiger partial charge in [-0.25, -0.2) is 4.79 Å². The van der Waals surface area contributed by atoms with Crippen LogP contribution < -0.4 is 5.73 Å². The summed E-state index contributed by atoms with van der Waals surface area (Å²) in [4.78, 5) is 13.9. The number of esters is 1. The van der Waals surface area contributed by atoms with E-state index in [9.17, 15) is 4.79 Å². The third-order valence-electron chi connectivity index (χ3n) is 2.95. The van der Waals surface area contributed by atoms with E-state index in [1.54, 1.807) is 6.07 Å². The van der Waals surface area contributed by atoms with E-state index < -0.39 is 5.97 Å². The molecule has 1 rings (SSSR count). The largest absolute Gasteiger partial charge is 0.465 e. The van der Waals surface area contributed by atoms with Crippen LogP contribution in [0.15, 0.2) is 18.2 Å². The summed E-state index contributed by atoms with van der Waals surface area (Å²) < 4.78 is 4.76. The summed E-state index contributed by atoms with van der Waals surface area (Å²) in [7, 11) is 1.34. The molecule has 2 N–H and O–H groups in total. The SMILES string of the molecule is CCN(CCC#N)Cc1cccc(N)c1C(=O)OC. The van der Waals surface area contributed by atoms with Gasteiger partial charge in [0.2, 0.25) is 0 Å². The van der Waals surface area contributed by atoms with E-state index >= 15 is 0 Å². The van der Waals surface area contributed by atoms with Gasteiger partial charge in [-0.3, -0.25) is 4.90 Å². The van der Waals surface area contributed by atoms with Gasteiger partial charge in [-0.05, 0) is 18.2 Å². The predicted molar refractivity (Wildman–Crippen MR) is 73.4 cm³/mol. The fourth-order valence-electron chi connectivity index (χ4n) is 1.90. The van der Waals surface area contributed by atoms with Crippen LogP contribution in [0.1, 0.15) is 29.3 Å². The molecule has 0 radical (unpaired) electrons. The Morgan fingerprint density at radius 3 is 2.84 bits per heavy atom.